The molecule has 0 fully saturated rings. The first-order valence-corrected chi connectivity index (χ1v) is 8.17. The molecule has 2 aromatic carbocycles. The molecule has 0 saturated heterocycles. The molecule has 0 aliphatic heterocycles. The quantitative estimate of drug-likeness (QED) is 0.808. The van der Waals surface area contributed by atoms with Crippen molar-refractivity contribution in [3.8, 4) is 5.75 Å². The monoisotopic (exact) mass is 339 g/mol. The van der Waals surface area contributed by atoms with Gasteiger partial charge >= 0.3 is 0 Å². The van der Waals surface area contributed by atoms with Crippen molar-refractivity contribution < 1.29 is 13.9 Å². The molecular weight excluding hydrogens is 325 g/mol. The number of para-hydroxylation sites is 1. The summed E-state index contributed by atoms with van der Waals surface area (Å²) in [5.74, 6) is -0.492. The summed E-state index contributed by atoms with van der Waals surface area (Å²) in [7, 11) is 0. The summed E-state index contributed by atoms with van der Waals surface area (Å²) in [6.07, 6.45) is 1.17. The summed E-state index contributed by atoms with van der Waals surface area (Å²) < 4.78 is 18.5. The zero-order valence-electron chi connectivity index (χ0n) is 12.1. The Morgan fingerprint density at radius 2 is 2.05 bits per heavy atom. The molecule has 0 aliphatic carbocycles. The van der Waals surface area contributed by atoms with Crippen LogP contribution in [0, 0.1) is 5.82 Å². The maximum absolute atomic E-state index is 13.0. The van der Waals surface area contributed by atoms with Crippen LogP contribution in [0.4, 0.5) is 10.1 Å². The number of halogens is 2. The topological polar surface area (TPSA) is 38.3 Å². The highest BCUT2D eigenvalue weighted by molar-refractivity contribution is 7.98. The fourth-order valence-corrected chi connectivity index (χ4v) is 2.56. The number of hydrogen-bond donors (Lipinski definition) is 1. The van der Waals surface area contributed by atoms with E-state index in [0.29, 0.717) is 0 Å². The Morgan fingerprint density at radius 3 is 2.73 bits per heavy atom. The fourth-order valence-electron chi connectivity index (χ4n) is 1.80. The highest BCUT2D eigenvalue weighted by Gasteiger charge is 2.17. The van der Waals surface area contributed by atoms with Crippen LogP contribution < -0.4 is 10.1 Å². The lowest BCUT2D eigenvalue weighted by Crippen LogP contribution is -2.30. The lowest BCUT2D eigenvalue weighted by atomic mass is 10.3. The van der Waals surface area contributed by atoms with Gasteiger partial charge in [0.15, 0.2) is 6.10 Å². The first-order chi connectivity index (χ1) is 10.5. The number of amides is 1. The molecule has 1 amide bonds. The van der Waals surface area contributed by atoms with E-state index < -0.39 is 11.9 Å². The van der Waals surface area contributed by atoms with Gasteiger partial charge in [-0.25, -0.2) is 4.39 Å². The van der Waals surface area contributed by atoms with Gasteiger partial charge in [0.05, 0.1) is 10.7 Å². The molecule has 0 radical (unpaired) electrons. The minimum absolute atomic E-state index is 0.129. The van der Waals surface area contributed by atoms with Crippen molar-refractivity contribution in [2.24, 2.45) is 0 Å². The first kappa shape index (κ1) is 16.6. The van der Waals surface area contributed by atoms with E-state index in [4.69, 9.17) is 16.3 Å². The standard InChI is InChI=1S/C16H15ClFNO2S/c1-10(21-14-8-7-11(18)9-12(14)17)16(20)19-13-5-3-4-6-15(13)22-2/h3-10H,1-2H3,(H,19,20). The van der Waals surface area contributed by atoms with Crippen LogP contribution in [0.2, 0.25) is 5.02 Å². The molecule has 2 aromatic rings. The van der Waals surface area contributed by atoms with Crippen LogP contribution in [0.1, 0.15) is 6.92 Å². The predicted molar refractivity (Wildman–Crippen MR) is 88.4 cm³/mol. The average molecular weight is 340 g/mol. The molecule has 0 aliphatic rings. The lowest BCUT2D eigenvalue weighted by molar-refractivity contribution is -0.122. The molecule has 22 heavy (non-hydrogen) atoms. The van der Waals surface area contributed by atoms with Gasteiger partial charge in [0, 0.05) is 4.90 Å². The zero-order chi connectivity index (χ0) is 16.1. The maximum atomic E-state index is 13.0. The number of carbonyl (C=O) groups is 1. The maximum Gasteiger partial charge on any atom is 0.265 e. The largest absolute Gasteiger partial charge is 0.479 e. The molecule has 0 spiro atoms. The Bertz CT molecular complexity index is 681. The average Bonchev–Trinajstić information content (AvgIpc) is 2.50. The second kappa shape index (κ2) is 7.51. The van der Waals surface area contributed by atoms with Gasteiger partial charge in [0.25, 0.3) is 5.91 Å². The minimum Gasteiger partial charge on any atom is -0.479 e. The van der Waals surface area contributed by atoms with E-state index in [1.807, 2.05) is 30.5 Å². The lowest BCUT2D eigenvalue weighted by Gasteiger charge is -2.16. The minimum atomic E-state index is -0.766. The number of ether oxygens (including phenoxy) is 1. The third-order valence-corrected chi connectivity index (χ3v) is 4.02. The first-order valence-electron chi connectivity index (χ1n) is 6.57. The summed E-state index contributed by atoms with van der Waals surface area (Å²) >= 11 is 7.42. The number of hydrogen-bond acceptors (Lipinski definition) is 3. The molecule has 2 rings (SSSR count). The number of anilines is 1. The van der Waals surface area contributed by atoms with Crippen LogP contribution in [-0.4, -0.2) is 18.3 Å². The van der Waals surface area contributed by atoms with E-state index >= 15 is 0 Å². The van der Waals surface area contributed by atoms with Gasteiger partial charge < -0.3 is 10.1 Å². The van der Waals surface area contributed by atoms with Crippen molar-refractivity contribution in [3.05, 3.63) is 53.3 Å². The predicted octanol–water partition coefficient (Wildman–Crippen LogP) is 4.61. The highest BCUT2D eigenvalue weighted by atomic mass is 35.5. The van der Waals surface area contributed by atoms with Crippen LogP contribution in [0.15, 0.2) is 47.4 Å². The summed E-state index contributed by atoms with van der Waals surface area (Å²) in [4.78, 5) is 13.2. The number of nitrogens with one attached hydrogen (secondary N) is 1. The third kappa shape index (κ3) is 4.15. The Morgan fingerprint density at radius 1 is 1.32 bits per heavy atom. The van der Waals surface area contributed by atoms with Gasteiger partial charge in [0.2, 0.25) is 0 Å². The van der Waals surface area contributed by atoms with E-state index in [1.54, 1.807) is 6.92 Å². The molecule has 0 aromatic heterocycles. The second-order valence-electron chi connectivity index (χ2n) is 4.52. The van der Waals surface area contributed by atoms with E-state index in [2.05, 4.69) is 5.32 Å². The van der Waals surface area contributed by atoms with Gasteiger partial charge in [-0.1, -0.05) is 23.7 Å². The highest BCUT2D eigenvalue weighted by Crippen LogP contribution is 2.27. The fraction of sp³-hybridized carbons (Fsp3) is 0.188. The molecular formula is C16H15ClFNO2S. The Labute approximate surface area is 137 Å². The second-order valence-corrected chi connectivity index (χ2v) is 5.78. The van der Waals surface area contributed by atoms with Crippen molar-refractivity contribution in [1.82, 2.24) is 0 Å². The normalized spacial score (nSPS) is 11.8. The zero-order valence-corrected chi connectivity index (χ0v) is 13.7. The van der Waals surface area contributed by atoms with Crippen molar-refractivity contribution >= 4 is 35.0 Å². The van der Waals surface area contributed by atoms with Gasteiger partial charge in [-0.3, -0.25) is 4.79 Å². The molecule has 0 bridgehead atoms. The van der Waals surface area contributed by atoms with Gasteiger partial charge in [0.1, 0.15) is 11.6 Å². The number of carbonyl (C=O) groups excluding carboxylic acids is 1. The van der Waals surface area contributed by atoms with E-state index in [1.165, 1.54) is 23.9 Å². The number of thioether (sulfide) groups is 1. The molecule has 1 unspecified atom stereocenters. The molecule has 3 nitrogen and oxygen atoms in total. The number of rotatable bonds is 5. The van der Waals surface area contributed by atoms with E-state index in [9.17, 15) is 9.18 Å². The van der Waals surface area contributed by atoms with Crippen LogP contribution in [0.5, 0.6) is 5.75 Å². The summed E-state index contributed by atoms with van der Waals surface area (Å²) in [6, 6.07) is 11.3. The molecule has 6 heteroatoms. The van der Waals surface area contributed by atoms with Crippen molar-refractivity contribution in [1.29, 1.82) is 0 Å². The summed E-state index contributed by atoms with van der Waals surface area (Å²) in [5.41, 5.74) is 0.723. The molecule has 116 valence electrons. The Balaban J connectivity index is 2.06. The van der Waals surface area contributed by atoms with Gasteiger partial charge in [-0.15, -0.1) is 11.8 Å². The third-order valence-electron chi connectivity index (χ3n) is 2.93. The SMILES string of the molecule is CSc1ccccc1NC(=O)C(C)Oc1ccc(F)cc1Cl. The van der Waals surface area contributed by atoms with Crippen molar-refractivity contribution in [2.75, 3.05) is 11.6 Å². The van der Waals surface area contributed by atoms with Crippen LogP contribution in [-0.2, 0) is 4.79 Å². The smallest absolute Gasteiger partial charge is 0.265 e. The molecule has 0 saturated carbocycles. The van der Waals surface area contributed by atoms with Gasteiger partial charge in [-0.05, 0) is 43.5 Å². The van der Waals surface area contributed by atoms with Crippen molar-refractivity contribution in [3.63, 3.8) is 0 Å². The molecule has 0 heterocycles. The summed E-state index contributed by atoms with van der Waals surface area (Å²) in [5, 5.41) is 2.94. The summed E-state index contributed by atoms with van der Waals surface area (Å²) in [6.45, 7) is 1.61. The van der Waals surface area contributed by atoms with Gasteiger partial charge in [-0.2, -0.15) is 0 Å². The van der Waals surface area contributed by atoms with E-state index in [-0.39, 0.29) is 16.7 Å². The molecule has 1 N–H and O–H groups in total. The Kier molecular flexibility index (Phi) is 5.69. The Hall–Kier alpha value is -1.72. The molecule has 1 atom stereocenters. The van der Waals surface area contributed by atoms with Crippen molar-refractivity contribution in [2.45, 2.75) is 17.9 Å². The van der Waals surface area contributed by atoms with Crippen LogP contribution in [0.3, 0.4) is 0 Å². The van der Waals surface area contributed by atoms with E-state index in [0.717, 1.165) is 16.6 Å². The number of benzene rings is 2. The van der Waals surface area contributed by atoms with Crippen LogP contribution in [0.25, 0.3) is 0 Å². The van der Waals surface area contributed by atoms with Crippen LogP contribution >= 0.6 is 23.4 Å².